The first-order valence-electron chi connectivity index (χ1n) is 7.18. The number of H-pyrrole nitrogens is 1. The Morgan fingerprint density at radius 1 is 1.29 bits per heavy atom. The first kappa shape index (κ1) is 16.7. The molecule has 3 atom stereocenters. The Morgan fingerprint density at radius 2 is 2.00 bits per heavy atom. The minimum atomic E-state index is -3.45. The third kappa shape index (κ3) is 2.72. The zero-order chi connectivity index (χ0) is 14.5. The van der Waals surface area contributed by atoms with E-state index in [0.717, 1.165) is 19.3 Å². The SMILES string of the molecule is Cc1n[nH]c(C)c1S(=O)(=O)N1CC2CCCC(N)C2C1.Cl. The molecule has 3 rings (SSSR count). The summed E-state index contributed by atoms with van der Waals surface area (Å²) in [6.07, 6.45) is 3.21. The van der Waals surface area contributed by atoms with Crippen LogP contribution in [0, 0.1) is 25.7 Å². The fraction of sp³-hybridized carbons (Fsp3) is 0.769. The molecule has 0 radical (unpaired) electrons. The smallest absolute Gasteiger partial charge is 0.246 e. The van der Waals surface area contributed by atoms with E-state index in [9.17, 15) is 8.42 Å². The molecule has 2 heterocycles. The van der Waals surface area contributed by atoms with Gasteiger partial charge in [-0.05, 0) is 38.5 Å². The van der Waals surface area contributed by atoms with E-state index < -0.39 is 10.0 Å². The number of hydrogen-bond donors (Lipinski definition) is 2. The molecule has 1 aromatic heterocycles. The van der Waals surface area contributed by atoms with Crippen molar-refractivity contribution in [1.82, 2.24) is 14.5 Å². The monoisotopic (exact) mass is 334 g/mol. The summed E-state index contributed by atoms with van der Waals surface area (Å²) in [7, 11) is -3.45. The van der Waals surface area contributed by atoms with Crippen LogP contribution < -0.4 is 5.73 Å². The van der Waals surface area contributed by atoms with E-state index in [2.05, 4.69) is 10.2 Å². The van der Waals surface area contributed by atoms with E-state index in [4.69, 9.17) is 5.73 Å². The number of halogens is 1. The lowest BCUT2D eigenvalue weighted by Gasteiger charge is -2.29. The first-order chi connectivity index (χ1) is 9.41. The molecule has 0 aromatic carbocycles. The Bertz CT molecular complexity index is 596. The molecule has 120 valence electrons. The normalized spacial score (nSPS) is 30.0. The average Bonchev–Trinajstić information content (AvgIpc) is 2.95. The zero-order valence-electron chi connectivity index (χ0n) is 12.4. The molecule has 8 heteroatoms. The molecule has 1 aromatic rings. The average molecular weight is 335 g/mol. The minimum Gasteiger partial charge on any atom is -0.327 e. The quantitative estimate of drug-likeness (QED) is 0.850. The van der Waals surface area contributed by atoms with Crippen molar-refractivity contribution in [2.45, 2.75) is 44.0 Å². The third-order valence-corrected chi connectivity index (χ3v) is 6.87. The Balaban J connectivity index is 0.00000161. The summed E-state index contributed by atoms with van der Waals surface area (Å²) in [5.41, 5.74) is 7.32. The van der Waals surface area contributed by atoms with Gasteiger partial charge < -0.3 is 5.73 Å². The van der Waals surface area contributed by atoms with Gasteiger partial charge in [0.1, 0.15) is 4.90 Å². The Hall–Kier alpha value is -0.630. The van der Waals surface area contributed by atoms with Gasteiger partial charge in [-0.15, -0.1) is 12.4 Å². The highest BCUT2D eigenvalue weighted by Crippen LogP contribution is 2.38. The van der Waals surface area contributed by atoms with Crippen LogP contribution >= 0.6 is 12.4 Å². The van der Waals surface area contributed by atoms with Crippen LogP contribution in [-0.4, -0.2) is 42.1 Å². The molecule has 0 amide bonds. The van der Waals surface area contributed by atoms with Crippen LogP contribution in [0.2, 0.25) is 0 Å². The van der Waals surface area contributed by atoms with Gasteiger partial charge in [0.25, 0.3) is 0 Å². The predicted molar refractivity (Wildman–Crippen MR) is 82.9 cm³/mol. The summed E-state index contributed by atoms with van der Waals surface area (Å²) in [5, 5.41) is 6.76. The molecular formula is C13H23ClN4O2S. The van der Waals surface area contributed by atoms with Crippen molar-refractivity contribution in [2.75, 3.05) is 13.1 Å². The molecule has 3 unspecified atom stereocenters. The number of aromatic nitrogens is 2. The lowest BCUT2D eigenvalue weighted by molar-refractivity contribution is 0.260. The highest BCUT2D eigenvalue weighted by molar-refractivity contribution is 7.89. The molecule has 2 aliphatic rings. The number of hydrogen-bond acceptors (Lipinski definition) is 4. The van der Waals surface area contributed by atoms with Crippen LogP contribution in [-0.2, 0) is 10.0 Å². The summed E-state index contributed by atoms with van der Waals surface area (Å²) >= 11 is 0. The predicted octanol–water partition coefficient (Wildman–Crippen LogP) is 1.20. The molecule has 6 nitrogen and oxygen atoms in total. The van der Waals surface area contributed by atoms with Crippen LogP contribution in [0.3, 0.4) is 0 Å². The largest absolute Gasteiger partial charge is 0.327 e. The summed E-state index contributed by atoms with van der Waals surface area (Å²) < 4.78 is 27.2. The second-order valence-electron chi connectivity index (χ2n) is 6.10. The van der Waals surface area contributed by atoms with E-state index >= 15 is 0 Å². The number of nitrogens with two attached hydrogens (primary N) is 1. The van der Waals surface area contributed by atoms with Crippen LogP contribution in [0.4, 0.5) is 0 Å². The standard InChI is InChI=1S/C13H22N4O2S.ClH/c1-8-13(9(2)16-15-8)20(18,19)17-6-10-4-3-5-12(14)11(10)7-17;/h10-12H,3-7,14H2,1-2H3,(H,15,16);1H. The van der Waals surface area contributed by atoms with Crippen molar-refractivity contribution in [2.24, 2.45) is 17.6 Å². The summed E-state index contributed by atoms with van der Waals surface area (Å²) in [5.74, 6) is 0.729. The Kier molecular flexibility index (Phi) is 4.68. The summed E-state index contributed by atoms with van der Waals surface area (Å²) in [6, 6.07) is 0.139. The molecular weight excluding hydrogens is 312 g/mol. The second-order valence-corrected chi connectivity index (χ2v) is 7.98. The highest BCUT2D eigenvalue weighted by Gasteiger charge is 2.44. The molecule has 21 heavy (non-hydrogen) atoms. The third-order valence-electron chi connectivity index (χ3n) is 4.78. The van der Waals surface area contributed by atoms with Gasteiger partial charge >= 0.3 is 0 Å². The molecule has 1 aliphatic heterocycles. The second kappa shape index (κ2) is 5.87. The van der Waals surface area contributed by atoms with Gasteiger partial charge in [-0.25, -0.2) is 8.42 Å². The fourth-order valence-electron chi connectivity index (χ4n) is 3.72. The lowest BCUT2D eigenvalue weighted by atomic mass is 9.78. The van der Waals surface area contributed by atoms with Crippen LogP contribution in [0.5, 0.6) is 0 Å². The van der Waals surface area contributed by atoms with E-state index in [0.29, 0.717) is 41.2 Å². The van der Waals surface area contributed by atoms with E-state index in [1.165, 1.54) is 0 Å². The molecule has 2 fully saturated rings. The van der Waals surface area contributed by atoms with Crippen molar-refractivity contribution < 1.29 is 8.42 Å². The van der Waals surface area contributed by atoms with Crippen molar-refractivity contribution in [1.29, 1.82) is 0 Å². The Labute approximate surface area is 131 Å². The highest BCUT2D eigenvalue weighted by atomic mass is 35.5. The molecule has 0 spiro atoms. The van der Waals surface area contributed by atoms with Gasteiger partial charge in [-0.3, -0.25) is 5.10 Å². The van der Waals surface area contributed by atoms with Gasteiger partial charge in [0, 0.05) is 19.1 Å². The van der Waals surface area contributed by atoms with Gasteiger partial charge in [0.2, 0.25) is 10.0 Å². The molecule has 1 saturated heterocycles. The van der Waals surface area contributed by atoms with E-state index in [-0.39, 0.29) is 18.4 Å². The van der Waals surface area contributed by atoms with E-state index in [1.54, 1.807) is 18.2 Å². The zero-order valence-corrected chi connectivity index (χ0v) is 14.0. The number of nitrogens with zero attached hydrogens (tertiary/aromatic N) is 2. The fourth-order valence-corrected chi connectivity index (χ4v) is 5.59. The molecule has 1 aliphatic carbocycles. The maximum atomic E-state index is 12.8. The van der Waals surface area contributed by atoms with Crippen molar-refractivity contribution in [3.63, 3.8) is 0 Å². The van der Waals surface area contributed by atoms with Crippen molar-refractivity contribution >= 4 is 22.4 Å². The van der Waals surface area contributed by atoms with Gasteiger partial charge in [-0.2, -0.15) is 9.40 Å². The van der Waals surface area contributed by atoms with Gasteiger partial charge in [-0.1, -0.05) is 6.42 Å². The van der Waals surface area contributed by atoms with Gasteiger partial charge in [0.15, 0.2) is 0 Å². The number of rotatable bonds is 2. The van der Waals surface area contributed by atoms with Crippen molar-refractivity contribution in [3.05, 3.63) is 11.4 Å². The molecule has 0 bridgehead atoms. The number of sulfonamides is 1. The van der Waals surface area contributed by atoms with Crippen LogP contribution in [0.15, 0.2) is 4.90 Å². The summed E-state index contributed by atoms with van der Waals surface area (Å²) in [6.45, 7) is 4.63. The number of nitrogens with one attached hydrogen (secondary N) is 1. The first-order valence-corrected chi connectivity index (χ1v) is 8.62. The van der Waals surface area contributed by atoms with Crippen molar-refractivity contribution in [3.8, 4) is 0 Å². The van der Waals surface area contributed by atoms with Crippen LogP contribution in [0.25, 0.3) is 0 Å². The molecule has 3 N–H and O–H groups in total. The van der Waals surface area contributed by atoms with Crippen LogP contribution in [0.1, 0.15) is 30.7 Å². The van der Waals surface area contributed by atoms with E-state index in [1.807, 2.05) is 0 Å². The maximum absolute atomic E-state index is 12.8. The number of fused-ring (bicyclic) bond motifs is 1. The lowest BCUT2D eigenvalue weighted by Crippen LogP contribution is -2.38. The van der Waals surface area contributed by atoms with Gasteiger partial charge in [0.05, 0.1) is 11.4 Å². The summed E-state index contributed by atoms with van der Waals surface area (Å²) in [4.78, 5) is 0.338. The topological polar surface area (TPSA) is 92.1 Å². The number of aryl methyl sites for hydroxylation is 2. The molecule has 1 saturated carbocycles. The Morgan fingerprint density at radius 3 is 2.57 bits per heavy atom. The number of aromatic amines is 1. The minimum absolute atomic E-state index is 0. The maximum Gasteiger partial charge on any atom is 0.246 e.